The largest absolute Gasteiger partial charge is 0.465 e. The van der Waals surface area contributed by atoms with Gasteiger partial charge in [-0.15, -0.1) is 0 Å². The lowest BCUT2D eigenvalue weighted by molar-refractivity contribution is -0.108. The van der Waals surface area contributed by atoms with E-state index in [1.807, 2.05) is 24.3 Å². The standard InChI is InChI=1S/C15H11NO2/c17-15(8-7-12-5-3-9-18-12)14-10-11-4-1-2-6-13(11)16-14/h1-9H,10H2/b8-7+. The lowest BCUT2D eigenvalue weighted by Crippen LogP contribution is -2.10. The van der Waals surface area contributed by atoms with Crippen LogP contribution in [-0.2, 0) is 11.2 Å². The predicted molar refractivity (Wildman–Crippen MR) is 70.0 cm³/mol. The lowest BCUT2D eigenvalue weighted by atomic mass is 10.1. The molecule has 3 nitrogen and oxygen atoms in total. The Morgan fingerprint density at radius 3 is 2.89 bits per heavy atom. The highest BCUT2D eigenvalue weighted by molar-refractivity contribution is 6.46. The molecule has 0 aliphatic carbocycles. The molecule has 1 aromatic carbocycles. The fourth-order valence-electron chi connectivity index (χ4n) is 1.92. The molecule has 0 atom stereocenters. The third-order valence-electron chi connectivity index (χ3n) is 2.83. The van der Waals surface area contributed by atoms with Crippen LogP contribution in [0.25, 0.3) is 6.08 Å². The molecule has 1 aromatic heterocycles. The number of aliphatic imine (C=N–C) groups is 1. The second kappa shape index (κ2) is 4.45. The molecule has 0 spiro atoms. The maximum atomic E-state index is 11.9. The Hall–Kier alpha value is -2.42. The number of ketones is 1. The SMILES string of the molecule is O=C(/C=C/c1ccco1)C1=Nc2ccccc2C1. The van der Waals surface area contributed by atoms with Gasteiger partial charge in [0.2, 0.25) is 5.78 Å². The van der Waals surface area contributed by atoms with Gasteiger partial charge < -0.3 is 4.42 Å². The molecule has 0 saturated carbocycles. The second-order valence-corrected chi connectivity index (χ2v) is 4.08. The van der Waals surface area contributed by atoms with E-state index in [0.29, 0.717) is 17.9 Å². The second-order valence-electron chi connectivity index (χ2n) is 4.08. The Labute approximate surface area is 104 Å². The minimum Gasteiger partial charge on any atom is -0.465 e. The van der Waals surface area contributed by atoms with Crippen LogP contribution in [0.3, 0.4) is 0 Å². The van der Waals surface area contributed by atoms with Crippen LogP contribution in [-0.4, -0.2) is 11.5 Å². The van der Waals surface area contributed by atoms with E-state index in [2.05, 4.69) is 4.99 Å². The first kappa shape index (κ1) is 10.7. The summed E-state index contributed by atoms with van der Waals surface area (Å²) in [7, 11) is 0. The highest BCUT2D eigenvalue weighted by atomic mass is 16.3. The molecule has 88 valence electrons. The Kier molecular flexibility index (Phi) is 2.65. The number of hydrogen-bond donors (Lipinski definition) is 0. The molecule has 0 unspecified atom stereocenters. The highest BCUT2D eigenvalue weighted by Crippen LogP contribution is 2.26. The van der Waals surface area contributed by atoms with Crippen molar-refractivity contribution >= 4 is 23.3 Å². The summed E-state index contributed by atoms with van der Waals surface area (Å²) in [6.07, 6.45) is 5.35. The maximum absolute atomic E-state index is 11.9. The first-order valence-electron chi connectivity index (χ1n) is 5.74. The Balaban J connectivity index is 1.76. The molecular weight excluding hydrogens is 226 g/mol. The number of fused-ring (bicyclic) bond motifs is 1. The topological polar surface area (TPSA) is 42.6 Å². The van der Waals surface area contributed by atoms with Crippen molar-refractivity contribution in [3.8, 4) is 0 Å². The number of benzene rings is 1. The van der Waals surface area contributed by atoms with Gasteiger partial charge in [0.1, 0.15) is 5.76 Å². The Morgan fingerprint density at radius 1 is 1.22 bits per heavy atom. The quantitative estimate of drug-likeness (QED) is 0.769. The van der Waals surface area contributed by atoms with Crippen LogP contribution in [0, 0.1) is 0 Å². The first-order chi connectivity index (χ1) is 8.83. The van der Waals surface area contributed by atoms with Crippen LogP contribution < -0.4 is 0 Å². The van der Waals surface area contributed by atoms with Gasteiger partial charge in [-0.05, 0) is 35.9 Å². The van der Waals surface area contributed by atoms with E-state index in [9.17, 15) is 4.79 Å². The van der Waals surface area contributed by atoms with Gasteiger partial charge in [-0.2, -0.15) is 0 Å². The average Bonchev–Trinajstić information content (AvgIpc) is 3.04. The molecule has 1 aliphatic rings. The average molecular weight is 237 g/mol. The number of carbonyl (C=O) groups excluding carboxylic acids is 1. The van der Waals surface area contributed by atoms with Gasteiger partial charge in [0, 0.05) is 6.42 Å². The minimum absolute atomic E-state index is 0.0670. The van der Waals surface area contributed by atoms with E-state index < -0.39 is 0 Å². The van der Waals surface area contributed by atoms with Gasteiger partial charge in [-0.3, -0.25) is 4.79 Å². The number of nitrogens with zero attached hydrogens (tertiary/aromatic N) is 1. The molecule has 18 heavy (non-hydrogen) atoms. The zero-order valence-electron chi connectivity index (χ0n) is 9.67. The molecule has 3 rings (SSSR count). The number of para-hydroxylation sites is 1. The molecule has 0 fully saturated rings. The van der Waals surface area contributed by atoms with E-state index in [0.717, 1.165) is 11.3 Å². The van der Waals surface area contributed by atoms with Gasteiger partial charge in [0.15, 0.2) is 0 Å². The van der Waals surface area contributed by atoms with Gasteiger partial charge in [0.05, 0.1) is 17.7 Å². The summed E-state index contributed by atoms with van der Waals surface area (Å²) in [5.74, 6) is 0.599. The van der Waals surface area contributed by atoms with Crippen LogP contribution in [0.15, 0.2) is 58.1 Å². The predicted octanol–water partition coefficient (Wildman–Crippen LogP) is 3.19. The van der Waals surface area contributed by atoms with E-state index in [1.54, 1.807) is 24.5 Å². The Morgan fingerprint density at radius 2 is 2.11 bits per heavy atom. The summed E-state index contributed by atoms with van der Waals surface area (Å²) in [6.45, 7) is 0. The zero-order valence-corrected chi connectivity index (χ0v) is 9.67. The smallest absolute Gasteiger partial charge is 0.200 e. The highest BCUT2D eigenvalue weighted by Gasteiger charge is 2.17. The van der Waals surface area contributed by atoms with Crippen molar-refractivity contribution in [1.29, 1.82) is 0 Å². The number of rotatable bonds is 3. The fraction of sp³-hybridized carbons (Fsp3) is 0.0667. The van der Waals surface area contributed by atoms with Crippen LogP contribution in [0.4, 0.5) is 5.69 Å². The lowest BCUT2D eigenvalue weighted by Gasteiger charge is -1.93. The summed E-state index contributed by atoms with van der Waals surface area (Å²) in [5.41, 5.74) is 2.58. The molecule has 0 bridgehead atoms. The van der Waals surface area contributed by atoms with Crippen molar-refractivity contribution in [2.75, 3.05) is 0 Å². The molecular formula is C15H11NO2. The van der Waals surface area contributed by atoms with Crippen molar-refractivity contribution in [2.45, 2.75) is 6.42 Å². The molecule has 0 amide bonds. The number of hydrogen-bond acceptors (Lipinski definition) is 3. The van der Waals surface area contributed by atoms with Gasteiger partial charge in [-0.1, -0.05) is 18.2 Å². The molecule has 2 heterocycles. The summed E-state index contributed by atoms with van der Waals surface area (Å²) in [4.78, 5) is 16.3. The maximum Gasteiger partial charge on any atom is 0.200 e. The first-order valence-corrected chi connectivity index (χ1v) is 5.74. The van der Waals surface area contributed by atoms with E-state index in [1.165, 1.54) is 6.08 Å². The van der Waals surface area contributed by atoms with E-state index in [4.69, 9.17) is 4.42 Å². The molecule has 0 N–H and O–H groups in total. The fourth-order valence-corrected chi connectivity index (χ4v) is 1.92. The van der Waals surface area contributed by atoms with Crippen molar-refractivity contribution in [1.82, 2.24) is 0 Å². The Bertz CT molecular complexity index is 636. The number of furan rings is 1. The van der Waals surface area contributed by atoms with Crippen molar-refractivity contribution in [2.24, 2.45) is 4.99 Å². The molecule has 2 aromatic rings. The molecule has 0 saturated heterocycles. The van der Waals surface area contributed by atoms with Crippen molar-refractivity contribution in [3.63, 3.8) is 0 Å². The zero-order chi connectivity index (χ0) is 12.4. The number of carbonyl (C=O) groups is 1. The van der Waals surface area contributed by atoms with Crippen molar-refractivity contribution in [3.05, 3.63) is 60.1 Å². The summed E-state index contributed by atoms with van der Waals surface area (Å²) in [5, 5.41) is 0. The monoisotopic (exact) mass is 237 g/mol. The third kappa shape index (κ3) is 2.02. The van der Waals surface area contributed by atoms with Crippen LogP contribution in [0.2, 0.25) is 0 Å². The van der Waals surface area contributed by atoms with Crippen LogP contribution in [0.1, 0.15) is 11.3 Å². The van der Waals surface area contributed by atoms with E-state index >= 15 is 0 Å². The van der Waals surface area contributed by atoms with Crippen LogP contribution in [0.5, 0.6) is 0 Å². The molecule has 3 heteroatoms. The van der Waals surface area contributed by atoms with Gasteiger partial charge in [0.25, 0.3) is 0 Å². The van der Waals surface area contributed by atoms with E-state index in [-0.39, 0.29) is 5.78 Å². The van der Waals surface area contributed by atoms with Gasteiger partial charge >= 0.3 is 0 Å². The number of allylic oxidation sites excluding steroid dienone is 1. The van der Waals surface area contributed by atoms with Crippen LogP contribution >= 0.6 is 0 Å². The van der Waals surface area contributed by atoms with Gasteiger partial charge in [-0.25, -0.2) is 4.99 Å². The normalized spacial score (nSPS) is 13.7. The molecule has 0 radical (unpaired) electrons. The summed E-state index contributed by atoms with van der Waals surface area (Å²) in [6, 6.07) is 11.4. The summed E-state index contributed by atoms with van der Waals surface area (Å²) >= 11 is 0. The minimum atomic E-state index is -0.0670. The van der Waals surface area contributed by atoms with Crippen molar-refractivity contribution < 1.29 is 9.21 Å². The molecule has 1 aliphatic heterocycles. The summed E-state index contributed by atoms with van der Waals surface area (Å²) < 4.78 is 5.13. The third-order valence-corrected chi connectivity index (χ3v) is 2.83.